The summed E-state index contributed by atoms with van der Waals surface area (Å²) >= 11 is 0. The molecule has 22 heavy (non-hydrogen) atoms. The molecule has 0 radical (unpaired) electrons. The van der Waals surface area contributed by atoms with E-state index in [2.05, 4.69) is 5.32 Å². The highest BCUT2D eigenvalue weighted by Crippen LogP contribution is 2.23. The average Bonchev–Trinajstić information content (AvgIpc) is 2.55. The van der Waals surface area contributed by atoms with E-state index < -0.39 is 5.41 Å². The Morgan fingerprint density at radius 1 is 1.32 bits per heavy atom. The molecule has 0 bridgehead atoms. The standard InChI is InChI=1S/C16H19N3O3/c1-16(2,15(21)19-6-8-22-9-7-19)14(20)18-13-5-3-4-12(10-13)11-17/h3-5,10H,6-9H2,1-2H3,(H,18,20). The summed E-state index contributed by atoms with van der Waals surface area (Å²) < 4.78 is 5.22. The Balaban J connectivity index is 2.09. The molecule has 2 rings (SSSR count). The molecule has 1 aliphatic heterocycles. The first-order valence-electron chi connectivity index (χ1n) is 7.14. The first-order valence-corrected chi connectivity index (χ1v) is 7.14. The van der Waals surface area contributed by atoms with E-state index in [0.717, 1.165) is 0 Å². The van der Waals surface area contributed by atoms with Crippen molar-refractivity contribution >= 4 is 17.5 Å². The van der Waals surface area contributed by atoms with Crippen molar-refractivity contribution in [3.8, 4) is 6.07 Å². The Hall–Kier alpha value is -2.39. The van der Waals surface area contributed by atoms with E-state index >= 15 is 0 Å². The average molecular weight is 301 g/mol. The fourth-order valence-electron chi connectivity index (χ4n) is 2.21. The first kappa shape index (κ1) is 16.0. The van der Waals surface area contributed by atoms with Gasteiger partial charge >= 0.3 is 0 Å². The summed E-state index contributed by atoms with van der Waals surface area (Å²) in [7, 11) is 0. The molecule has 1 aromatic rings. The van der Waals surface area contributed by atoms with Gasteiger partial charge in [0.2, 0.25) is 11.8 Å². The molecular weight excluding hydrogens is 282 g/mol. The molecule has 1 aromatic carbocycles. The topological polar surface area (TPSA) is 82.4 Å². The van der Waals surface area contributed by atoms with Gasteiger partial charge in [-0.3, -0.25) is 9.59 Å². The van der Waals surface area contributed by atoms with Crippen molar-refractivity contribution in [2.75, 3.05) is 31.6 Å². The Morgan fingerprint density at radius 3 is 2.64 bits per heavy atom. The molecule has 0 atom stereocenters. The fraction of sp³-hybridized carbons (Fsp3) is 0.438. The molecule has 6 heteroatoms. The van der Waals surface area contributed by atoms with Crippen molar-refractivity contribution < 1.29 is 14.3 Å². The van der Waals surface area contributed by atoms with Crippen LogP contribution in [0.5, 0.6) is 0 Å². The number of benzene rings is 1. The van der Waals surface area contributed by atoms with Crippen LogP contribution in [0.3, 0.4) is 0 Å². The lowest BCUT2D eigenvalue weighted by molar-refractivity contribution is -0.149. The Labute approximate surface area is 129 Å². The van der Waals surface area contributed by atoms with Gasteiger partial charge in [0.25, 0.3) is 0 Å². The van der Waals surface area contributed by atoms with Gasteiger partial charge in [0.05, 0.1) is 24.8 Å². The SMILES string of the molecule is CC(C)(C(=O)Nc1cccc(C#N)c1)C(=O)N1CCOCC1. The number of amides is 2. The molecular formula is C16H19N3O3. The van der Waals surface area contributed by atoms with Crippen molar-refractivity contribution in [1.29, 1.82) is 5.26 Å². The minimum atomic E-state index is -1.18. The molecule has 0 aromatic heterocycles. The van der Waals surface area contributed by atoms with Crippen molar-refractivity contribution in [2.24, 2.45) is 5.41 Å². The maximum atomic E-state index is 12.5. The molecule has 0 aliphatic carbocycles. The number of hydrogen-bond donors (Lipinski definition) is 1. The molecule has 1 aliphatic rings. The second-order valence-electron chi connectivity index (χ2n) is 5.68. The first-order chi connectivity index (χ1) is 10.4. The second-order valence-corrected chi connectivity index (χ2v) is 5.68. The number of ether oxygens (including phenoxy) is 1. The highest BCUT2D eigenvalue weighted by Gasteiger charge is 2.39. The van der Waals surface area contributed by atoms with Crippen LogP contribution in [0.25, 0.3) is 0 Å². The smallest absolute Gasteiger partial charge is 0.239 e. The maximum absolute atomic E-state index is 12.5. The zero-order chi connectivity index (χ0) is 16.2. The quantitative estimate of drug-likeness (QED) is 0.855. The monoisotopic (exact) mass is 301 g/mol. The van der Waals surface area contributed by atoms with Gasteiger partial charge in [-0.2, -0.15) is 5.26 Å². The molecule has 1 saturated heterocycles. The summed E-state index contributed by atoms with van der Waals surface area (Å²) in [5.41, 5.74) is -0.220. The molecule has 1 fully saturated rings. The van der Waals surface area contributed by atoms with E-state index in [4.69, 9.17) is 10.00 Å². The van der Waals surface area contributed by atoms with Crippen LogP contribution in [-0.2, 0) is 14.3 Å². The predicted molar refractivity (Wildman–Crippen MR) is 81.0 cm³/mol. The summed E-state index contributed by atoms with van der Waals surface area (Å²) in [6.07, 6.45) is 0. The number of anilines is 1. The lowest BCUT2D eigenvalue weighted by Crippen LogP contribution is -2.51. The number of nitriles is 1. The largest absolute Gasteiger partial charge is 0.378 e. The van der Waals surface area contributed by atoms with E-state index in [1.807, 2.05) is 6.07 Å². The summed E-state index contributed by atoms with van der Waals surface area (Å²) in [4.78, 5) is 26.6. The highest BCUT2D eigenvalue weighted by atomic mass is 16.5. The highest BCUT2D eigenvalue weighted by molar-refractivity contribution is 6.09. The Bertz CT molecular complexity index is 613. The van der Waals surface area contributed by atoms with Gasteiger partial charge in [0.15, 0.2) is 0 Å². The van der Waals surface area contributed by atoms with Gasteiger partial charge < -0.3 is 15.0 Å². The van der Waals surface area contributed by atoms with Crippen LogP contribution in [0.1, 0.15) is 19.4 Å². The van der Waals surface area contributed by atoms with Gasteiger partial charge in [0.1, 0.15) is 5.41 Å². The zero-order valence-corrected chi connectivity index (χ0v) is 12.8. The molecule has 0 saturated carbocycles. The third kappa shape index (κ3) is 3.43. The minimum absolute atomic E-state index is 0.218. The third-order valence-electron chi connectivity index (χ3n) is 3.65. The van der Waals surface area contributed by atoms with Crippen LogP contribution in [0.2, 0.25) is 0 Å². The Kier molecular flexibility index (Phi) is 4.78. The van der Waals surface area contributed by atoms with Gasteiger partial charge in [0, 0.05) is 18.8 Å². The van der Waals surface area contributed by atoms with E-state index in [1.54, 1.807) is 43.0 Å². The molecule has 0 unspecified atom stereocenters. The summed E-state index contributed by atoms with van der Waals surface area (Å²) in [5, 5.41) is 11.6. The number of carbonyl (C=O) groups excluding carboxylic acids is 2. The number of nitrogens with one attached hydrogen (secondary N) is 1. The predicted octanol–water partition coefficient (Wildman–Crippen LogP) is 1.38. The summed E-state index contributed by atoms with van der Waals surface area (Å²) in [6.45, 7) is 5.20. The maximum Gasteiger partial charge on any atom is 0.239 e. The number of morpholine rings is 1. The lowest BCUT2D eigenvalue weighted by Gasteiger charge is -2.33. The molecule has 2 amide bonds. The van der Waals surface area contributed by atoms with E-state index in [-0.39, 0.29) is 11.8 Å². The lowest BCUT2D eigenvalue weighted by atomic mass is 9.90. The number of rotatable bonds is 3. The van der Waals surface area contributed by atoms with Crippen LogP contribution in [-0.4, -0.2) is 43.0 Å². The van der Waals surface area contributed by atoms with Crippen LogP contribution >= 0.6 is 0 Å². The van der Waals surface area contributed by atoms with Gasteiger partial charge in [-0.15, -0.1) is 0 Å². The van der Waals surface area contributed by atoms with E-state index in [1.165, 1.54) is 0 Å². The number of carbonyl (C=O) groups is 2. The Morgan fingerprint density at radius 2 is 2.00 bits per heavy atom. The summed E-state index contributed by atoms with van der Waals surface area (Å²) in [6, 6.07) is 8.62. The number of nitrogens with zero attached hydrogens (tertiary/aromatic N) is 2. The van der Waals surface area contributed by atoms with Crippen molar-refractivity contribution in [1.82, 2.24) is 4.90 Å². The van der Waals surface area contributed by atoms with Crippen molar-refractivity contribution in [3.05, 3.63) is 29.8 Å². The van der Waals surface area contributed by atoms with Gasteiger partial charge in [-0.05, 0) is 32.0 Å². The molecule has 116 valence electrons. The molecule has 6 nitrogen and oxygen atoms in total. The van der Waals surface area contributed by atoms with Crippen molar-refractivity contribution in [2.45, 2.75) is 13.8 Å². The van der Waals surface area contributed by atoms with Crippen molar-refractivity contribution in [3.63, 3.8) is 0 Å². The van der Waals surface area contributed by atoms with Crippen LogP contribution in [0.4, 0.5) is 5.69 Å². The number of hydrogen-bond acceptors (Lipinski definition) is 4. The van der Waals surface area contributed by atoms with Gasteiger partial charge in [-0.1, -0.05) is 6.07 Å². The van der Waals surface area contributed by atoms with Crippen LogP contribution < -0.4 is 5.32 Å². The van der Waals surface area contributed by atoms with E-state index in [0.29, 0.717) is 37.6 Å². The molecule has 1 N–H and O–H groups in total. The van der Waals surface area contributed by atoms with Crippen LogP contribution in [0.15, 0.2) is 24.3 Å². The third-order valence-corrected chi connectivity index (χ3v) is 3.65. The summed E-state index contributed by atoms with van der Waals surface area (Å²) in [5.74, 6) is -0.608. The normalized spacial score (nSPS) is 15.0. The van der Waals surface area contributed by atoms with E-state index in [9.17, 15) is 9.59 Å². The molecule has 0 spiro atoms. The van der Waals surface area contributed by atoms with Crippen LogP contribution in [0, 0.1) is 16.7 Å². The van der Waals surface area contributed by atoms with Gasteiger partial charge in [-0.25, -0.2) is 0 Å². The molecule has 1 heterocycles. The minimum Gasteiger partial charge on any atom is -0.378 e. The second kappa shape index (κ2) is 6.58. The zero-order valence-electron chi connectivity index (χ0n) is 12.8. The fourth-order valence-corrected chi connectivity index (χ4v) is 2.21.